The first-order valence-electron chi connectivity index (χ1n) is 4.69. The van der Waals surface area contributed by atoms with Crippen LogP contribution in [0, 0.1) is 6.92 Å². The van der Waals surface area contributed by atoms with Gasteiger partial charge in [0.1, 0.15) is 5.75 Å². The summed E-state index contributed by atoms with van der Waals surface area (Å²) in [6, 6.07) is 5.53. The normalized spacial score (nSPS) is 9.73. The maximum absolute atomic E-state index is 10.8. The lowest BCUT2D eigenvalue weighted by molar-refractivity contribution is -0.141. The molecular weight excluding hydrogens is 194 g/mol. The molecule has 0 aliphatic carbocycles. The van der Waals surface area contributed by atoms with Crippen molar-refractivity contribution >= 4 is 11.7 Å². The molecule has 1 aromatic rings. The fourth-order valence-electron chi connectivity index (χ4n) is 1.15. The van der Waals surface area contributed by atoms with Crippen molar-refractivity contribution in [3.63, 3.8) is 0 Å². The van der Waals surface area contributed by atoms with Crippen LogP contribution in [0.25, 0.3) is 0 Å². The Morgan fingerprint density at radius 3 is 2.80 bits per heavy atom. The highest BCUT2D eigenvalue weighted by Gasteiger charge is 2.03. The maximum atomic E-state index is 10.8. The molecule has 0 fully saturated rings. The predicted molar refractivity (Wildman–Crippen MR) is 57.7 cm³/mol. The minimum atomic E-state index is -0.291. The zero-order valence-corrected chi connectivity index (χ0v) is 8.95. The lowest BCUT2D eigenvalue weighted by atomic mass is 10.2. The van der Waals surface area contributed by atoms with Gasteiger partial charge in [-0.05, 0) is 24.6 Å². The summed E-state index contributed by atoms with van der Waals surface area (Å²) in [5.74, 6) is 0.310. The molecule has 0 atom stereocenters. The molecule has 0 amide bonds. The van der Waals surface area contributed by atoms with E-state index in [2.05, 4.69) is 4.74 Å². The number of anilines is 1. The molecule has 1 rings (SSSR count). The van der Waals surface area contributed by atoms with E-state index in [0.29, 0.717) is 11.4 Å². The standard InChI is InChI=1S/C11H15NO3/c1-8-3-4-10(9(12)7-8)15-6-5-11(13)14-2/h3-4,7H,5-6,12H2,1-2H3. The third-order valence-corrected chi connectivity index (χ3v) is 1.96. The molecule has 0 radical (unpaired) electrons. The molecule has 0 aliphatic heterocycles. The Morgan fingerprint density at radius 2 is 2.20 bits per heavy atom. The number of hydrogen-bond acceptors (Lipinski definition) is 4. The van der Waals surface area contributed by atoms with Crippen molar-refractivity contribution in [2.45, 2.75) is 13.3 Å². The molecule has 4 heteroatoms. The largest absolute Gasteiger partial charge is 0.491 e. The summed E-state index contributed by atoms with van der Waals surface area (Å²) >= 11 is 0. The number of ether oxygens (including phenoxy) is 2. The number of methoxy groups -OCH3 is 1. The topological polar surface area (TPSA) is 61.5 Å². The van der Waals surface area contributed by atoms with Gasteiger partial charge in [0.15, 0.2) is 0 Å². The van der Waals surface area contributed by atoms with Crippen LogP contribution < -0.4 is 10.5 Å². The number of hydrogen-bond donors (Lipinski definition) is 1. The van der Waals surface area contributed by atoms with Crippen molar-refractivity contribution in [2.24, 2.45) is 0 Å². The van der Waals surface area contributed by atoms with Gasteiger partial charge in [-0.3, -0.25) is 4.79 Å². The summed E-state index contributed by atoms with van der Waals surface area (Å²) in [5.41, 5.74) is 7.39. The van der Waals surface area contributed by atoms with Gasteiger partial charge in [-0.1, -0.05) is 6.07 Å². The molecule has 0 aliphatic rings. The number of aryl methyl sites for hydroxylation is 1. The van der Waals surface area contributed by atoms with E-state index in [0.717, 1.165) is 5.56 Å². The maximum Gasteiger partial charge on any atom is 0.308 e. The predicted octanol–water partition coefficient (Wildman–Crippen LogP) is 1.52. The first-order valence-corrected chi connectivity index (χ1v) is 4.69. The van der Waals surface area contributed by atoms with E-state index in [9.17, 15) is 4.79 Å². The first-order chi connectivity index (χ1) is 7.13. The van der Waals surface area contributed by atoms with E-state index in [4.69, 9.17) is 10.5 Å². The molecule has 0 saturated carbocycles. The van der Waals surface area contributed by atoms with E-state index in [1.54, 1.807) is 6.07 Å². The number of carbonyl (C=O) groups excluding carboxylic acids is 1. The summed E-state index contributed by atoms with van der Waals surface area (Å²) in [4.78, 5) is 10.8. The Kier molecular flexibility index (Phi) is 3.97. The highest BCUT2D eigenvalue weighted by molar-refractivity contribution is 5.69. The Hall–Kier alpha value is -1.71. The number of benzene rings is 1. The van der Waals surface area contributed by atoms with Gasteiger partial charge in [0.05, 0.1) is 25.8 Å². The van der Waals surface area contributed by atoms with Gasteiger partial charge in [0, 0.05) is 0 Å². The van der Waals surface area contributed by atoms with Crippen LogP contribution in [0.5, 0.6) is 5.75 Å². The van der Waals surface area contributed by atoms with E-state index in [1.165, 1.54) is 7.11 Å². The van der Waals surface area contributed by atoms with Crippen molar-refractivity contribution in [3.8, 4) is 5.75 Å². The summed E-state index contributed by atoms with van der Waals surface area (Å²) in [7, 11) is 1.35. The third kappa shape index (κ3) is 3.50. The summed E-state index contributed by atoms with van der Waals surface area (Å²) in [6.07, 6.45) is 0.226. The summed E-state index contributed by atoms with van der Waals surface area (Å²) in [6.45, 7) is 2.23. The van der Waals surface area contributed by atoms with Crippen LogP contribution in [0.4, 0.5) is 5.69 Å². The van der Waals surface area contributed by atoms with Crippen molar-refractivity contribution in [1.82, 2.24) is 0 Å². The minimum absolute atomic E-state index is 0.226. The number of carbonyl (C=O) groups is 1. The Balaban J connectivity index is 2.47. The lowest BCUT2D eigenvalue weighted by Gasteiger charge is -2.08. The quantitative estimate of drug-likeness (QED) is 0.603. The molecule has 82 valence electrons. The SMILES string of the molecule is COC(=O)CCOc1ccc(C)cc1N. The number of rotatable bonds is 4. The molecule has 2 N–H and O–H groups in total. The average molecular weight is 209 g/mol. The monoisotopic (exact) mass is 209 g/mol. The van der Waals surface area contributed by atoms with Gasteiger partial charge in [0.2, 0.25) is 0 Å². The molecule has 0 saturated heterocycles. The van der Waals surface area contributed by atoms with E-state index >= 15 is 0 Å². The molecule has 0 unspecified atom stereocenters. The molecular formula is C11H15NO3. The fraction of sp³-hybridized carbons (Fsp3) is 0.364. The molecule has 1 aromatic carbocycles. The molecule has 0 bridgehead atoms. The van der Waals surface area contributed by atoms with Crippen molar-refractivity contribution in [2.75, 3.05) is 19.5 Å². The van der Waals surface area contributed by atoms with Crippen LogP contribution in [-0.4, -0.2) is 19.7 Å². The Labute approximate surface area is 89.0 Å². The van der Waals surface area contributed by atoms with Crippen molar-refractivity contribution < 1.29 is 14.3 Å². The summed E-state index contributed by atoms with van der Waals surface area (Å²) < 4.78 is 9.83. The second-order valence-electron chi connectivity index (χ2n) is 3.22. The van der Waals surface area contributed by atoms with Crippen LogP contribution in [0.2, 0.25) is 0 Å². The van der Waals surface area contributed by atoms with Crippen molar-refractivity contribution in [3.05, 3.63) is 23.8 Å². The van der Waals surface area contributed by atoms with E-state index in [1.807, 2.05) is 19.1 Å². The zero-order chi connectivity index (χ0) is 11.3. The van der Waals surface area contributed by atoms with Crippen LogP contribution in [0.15, 0.2) is 18.2 Å². The Bertz CT molecular complexity index is 350. The van der Waals surface area contributed by atoms with E-state index < -0.39 is 0 Å². The van der Waals surface area contributed by atoms with Gasteiger partial charge in [-0.15, -0.1) is 0 Å². The smallest absolute Gasteiger partial charge is 0.308 e. The van der Waals surface area contributed by atoms with Crippen LogP contribution in [0.3, 0.4) is 0 Å². The van der Waals surface area contributed by atoms with Gasteiger partial charge < -0.3 is 15.2 Å². The number of nitrogen functional groups attached to an aromatic ring is 1. The second kappa shape index (κ2) is 5.24. The molecule has 0 aromatic heterocycles. The average Bonchev–Trinajstić information content (AvgIpc) is 2.21. The zero-order valence-electron chi connectivity index (χ0n) is 8.95. The van der Waals surface area contributed by atoms with Crippen LogP contribution in [-0.2, 0) is 9.53 Å². The second-order valence-corrected chi connectivity index (χ2v) is 3.22. The molecule has 15 heavy (non-hydrogen) atoms. The fourth-order valence-corrected chi connectivity index (χ4v) is 1.15. The lowest BCUT2D eigenvalue weighted by Crippen LogP contribution is -2.08. The molecule has 4 nitrogen and oxygen atoms in total. The van der Waals surface area contributed by atoms with Crippen molar-refractivity contribution in [1.29, 1.82) is 0 Å². The van der Waals surface area contributed by atoms with Gasteiger partial charge in [-0.25, -0.2) is 0 Å². The van der Waals surface area contributed by atoms with Crippen LogP contribution >= 0.6 is 0 Å². The first kappa shape index (κ1) is 11.4. The number of nitrogens with two attached hydrogens (primary N) is 1. The van der Waals surface area contributed by atoms with Gasteiger partial charge in [-0.2, -0.15) is 0 Å². The minimum Gasteiger partial charge on any atom is -0.491 e. The number of esters is 1. The Morgan fingerprint density at radius 1 is 1.47 bits per heavy atom. The molecule has 0 spiro atoms. The molecule has 0 heterocycles. The van der Waals surface area contributed by atoms with Crippen LogP contribution in [0.1, 0.15) is 12.0 Å². The highest BCUT2D eigenvalue weighted by Crippen LogP contribution is 2.22. The van der Waals surface area contributed by atoms with Gasteiger partial charge in [0.25, 0.3) is 0 Å². The highest BCUT2D eigenvalue weighted by atomic mass is 16.5. The summed E-state index contributed by atoms with van der Waals surface area (Å²) in [5, 5.41) is 0. The van der Waals surface area contributed by atoms with E-state index in [-0.39, 0.29) is 19.0 Å². The van der Waals surface area contributed by atoms with Gasteiger partial charge >= 0.3 is 5.97 Å². The third-order valence-electron chi connectivity index (χ3n) is 1.96.